The van der Waals surface area contributed by atoms with Crippen LogP contribution in [0.3, 0.4) is 0 Å². The molecule has 2 rings (SSSR count). The Kier molecular flexibility index (Phi) is 2.50. The van der Waals surface area contributed by atoms with Gasteiger partial charge in [-0.25, -0.2) is 0 Å². The van der Waals surface area contributed by atoms with Crippen LogP contribution in [0, 0.1) is 5.41 Å². The predicted molar refractivity (Wildman–Crippen MR) is 58.9 cm³/mol. The average Bonchev–Trinajstić information content (AvgIpc) is 2.64. The third kappa shape index (κ3) is 1.71. The number of hydrogen-bond donors (Lipinski definition) is 2. The highest BCUT2D eigenvalue weighted by Gasteiger charge is 2.48. The van der Waals surface area contributed by atoms with Crippen molar-refractivity contribution in [2.45, 2.75) is 32.4 Å². The van der Waals surface area contributed by atoms with E-state index in [1.54, 1.807) is 24.0 Å². The van der Waals surface area contributed by atoms with Crippen LogP contribution >= 0.6 is 0 Å². The first-order chi connectivity index (χ1) is 7.41. The van der Waals surface area contributed by atoms with E-state index in [0.717, 1.165) is 0 Å². The summed E-state index contributed by atoms with van der Waals surface area (Å²) >= 11 is 0. The lowest BCUT2D eigenvalue weighted by atomic mass is 9.64. The lowest BCUT2D eigenvalue weighted by Gasteiger charge is -2.49. The molecule has 1 aliphatic rings. The molecule has 1 saturated carbocycles. The van der Waals surface area contributed by atoms with E-state index in [2.05, 4.69) is 10.4 Å². The Morgan fingerprint density at radius 3 is 2.81 bits per heavy atom. The number of nitrogens with one attached hydrogen (secondary N) is 1. The second kappa shape index (κ2) is 3.59. The number of aliphatic hydroxyl groups is 1. The number of rotatable bonds is 2. The van der Waals surface area contributed by atoms with Crippen LogP contribution in [0.4, 0.5) is 0 Å². The van der Waals surface area contributed by atoms with Crippen LogP contribution in [0.1, 0.15) is 30.8 Å². The molecule has 1 fully saturated rings. The van der Waals surface area contributed by atoms with Crippen molar-refractivity contribution in [1.82, 2.24) is 15.1 Å². The SMILES string of the molecule is Cn1ccc(C(=O)NC2CC(O)C2(C)C)n1. The number of carbonyl (C=O) groups excluding carboxylic acids is 1. The molecule has 0 bridgehead atoms. The maximum Gasteiger partial charge on any atom is 0.272 e. The maximum absolute atomic E-state index is 11.8. The summed E-state index contributed by atoms with van der Waals surface area (Å²) in [5, 5.41) is 16.5. The minimum Gasteiger partial charge on any atom is -0.392 e. The summed E-state index contributed by atoms with van der Waals surface area (Å²) in [6, 6.07) is 1.70. The lowest BCUT2D eigenvalue weighted by molar-refractivity contribution is -0.0690. The number of nitrogens with zero attached hydrogens (tertiary/aromatic N) is 2. The first-order valence-corrected chi connectivity index (χ1v) is 5.40. The van der Waals surface area contributed by atoms with Gasteiger partial charge in [-0.15, -0.1) is 0 Å². The van der Waals surface area contributed by atoms with E-state index in [-0.39, 0.29) is 23.5 Å². The first kappa shape index (κ1) is 11.1. The summed E-state index contributed by atoms with van der Waals surface area (Å²) < 4.78 is 1.59. The Bertz CT molecular complexity index is 411. The van der Waals surface area contributed by atoms with E-state index >= 15 is 0 Å². The van der Waals surface area contributed by atoms with E-state index in [0.29, 0.717) is 12.1 Å². The van der Waals surface area contributed by atoms with Crippen molar-refractivity contribution >= 4 is 5.91 Å². The monoisotopic (exact) mass is 223 g/mol. The van der Waals surface area contributed by atoms with Crippen LogP contribution in [0.25, 0.3) is 0 Å². The highest BCUT2D eigenvalue weighted by Crippen LogP contribution is 2.40. The fourth-order valence-corrected chi connectivity index (χ4v) is 1.92. The molecule has 1 amide bonds. The van der Waals surface area contributed by atoms with E-state index in [4.69, 9.17) is 0 Å². The van der Waals surface area contributed by atoms with Crippen LogP contribution in [-0.2, 0) is 7.05 Å². The minimum absolute atomic E-state index is 0.0250. The van der Waals surface area contributed by atoms with Gasteiger partial charge in [-0.05, 0) is 12.5 Å². The van der Waals surface area contributed by atoms with Crippen LogP contribution in [0.2, 0.25) is 0 Å². The topological polar surface area (TPSA) is 67.2 Å². The Labute approximate surface area is 94.5 Å². The predicted octanol–water partition coefficient (Wildman–Crippen LogP) is 0.309. The molecule has 2 unspecified atom stereocenters. The molecule has 2 atom stereocenters. The van der Waals surface area contributed by atoms with Gasteiger partial charge in [0, 0.05) is 24.7 Å². The number of aliphatic hydroxyl groups excluding tert-OH is 1. The highest BCUT2D eigenvalue weighted by atomic mass is 16.3. The third-order valence-electron chi connectivity index (χ3n) is 3.47. The lowest BCUT2D eigenvalue weighted by Crippen LogP contribution is -2.61. The fourth-order valence-electron chi connectivity index (χ4n) is 1.92. The maximum atomic E-state index is 11.8. The smallest absolute Gasteiger partial charge is 0.272 e. The molecule has 1 aromatic rings. The second-order valence-corrected chi connectivity index (χ2v) is 4.97. The molecule has 0 spiro atoms. The fraction of sp³-hybridized carbons (Fsp3) is 0.636. The first-order valence-electron chi connectivity index (χ1n) is 5.40. The normalized spacial score (nSPS) is 27.2. The Hall–Kier alpha value is -1.36. The Morgan fingerprint density at radius 2 is 2.38 bits per heavy atom. The van der Waals surface area contributed by atoms with Gasteiger partial charge in [-0.1, -0.05) is 13.8 Å². The Balaban J connectivity index is 1.99. The summed E-state index contributed by atoms with van der Waals surface area (Å²) in [6.07, 6.45) is 2.02. The number of amides is 1. The summed E-state index contributed by atoms with van der Waals surface area (Å²) in [7, 11) is 1.77. The Morgan fingerprint density at radius 1 is 1.69 bits per heavy atom. The van der Waals surface area contributed by atoms with Gasteiger partial charge in [0.05, 0.1) is 6.10 Å². The summed E-state index contributed by atoms with van der Waals surface area (Å²) in [4.78, 5) is 11.8. The number of aryl methyl sites for hydroxylation is 1. The van der Waals surface area contributed by atoms with Gasteiger partial charge >= 0.3 is 0 Å². The summed E-state index contributed by atoms with van der Waals surface area (Å²) in [5.74, 6) is -0.175. The summed E-state index contributed by atoms with van der Waals surface area (Å²) in [5.41, 5.74) is 0.171. The van der Waals surface area contributed by atoms with Gasteiger partial charge in [-0.2, -0.15) is 5.10 Å². The van der Waals surface area contributed by atoms with Gasteiger partial charge in [0.2, 0.25) is 0 Å². The minimum atomic E-state index is -0.332. The molecule has 0 aliphatic heterocycles. The third-order valence-corrected chi connectivity index (χ3v) is 3.47. The highest BCUT2D eigenvalue weighted by molar-refractivity contribution is 5.92. The van der Waals surface area contributed by atoms with E-state index in [1.165, 1.54) is 0 Å². The van der Waals surface area contributed by atoms with Gasteiger partial charge in [0.15, 0.2) is 0 Å². The van der Waals surface area contributed by atoms with Gasteiger partial charge < -0.3 is 10.4 Å². The van der Waals surface area contributed by atoms with Gasteiger partial charge in [0.1, 0.15) is 5.69 Å². The van der Waals surface area contributed by atoms with Crippen LogP contribution in [-0.4, -0.2) is 32.9 Å². The van der Waals surface area contributed by atoms with Crippen LogP contribution in [0.5, 0.6) is 0 Å². The molecule has 88 valence electrons. The van der Waals surface area contributed by atoms with E-state index in [1.807, 2.05) is 13.8 Å². The zero-order valence-corrected chi connectivity index (χ0v) is 9.77. The molecule has 0 aromatic carbocycles. The average molecular weight is 223 g/mol. The van der Waals surface area contributed by atoms with E-state index < -0.39 is 0 Å². The molecule has 16 heavy (non-hydrogen) atoms. The molecule has 1 heterocycles. The van der Waals surface area contributed by atoms with E-state index in [9.17, 15) is 9.90 Å². The van der Waals surface area contributed by atoms with Crippen LogP contribution < -0.4 is 5.32 Å². The van der Waals surface area contributed by atoms with Crippen molar-refractivity contribution in [1.29, 1.82) is 0 Å². The van der Waals surface area contributed by atoms with Crippen molar-refractivity contribution < 1.29 is 9.90 Å². The van der Waals surface area contributed by atoms with Crippen molar-refractivity contribution in [2.24, 2.45) is 12.5 Å². The molecule has 0 radical (unpaired) electrons. The molecule has 1 aliphatic carbocycles. The molecule has 1 aromatic heterocycles. The molecule has 0 saturated heterocycles. The number of aromatic nitrogens is 2. The molecular formula is C11H17N3O2. The standard InChI is InChI=1S/C11H17N3O2/c1-11(2)8(6-9(11)15)12-10(16)7-4-5-14(3)13-7/h4-5,8-9,15H,6H2,1-3H3,(H,12,16). The number of carbonyl (C=O) groups is 1. The second-order valence-electron chi connectivity index (χ2n) is 4.97. The van der Waals surface area contributed by atoms with Gasteiger partial charge in [-0.3, -0.25) is 9.48 Å². The number of hydrogen-bond acceptors (Lipinski definition) is 3. The zero-order chi connectivity index (χ0) is 11.9. The molecular weight excluding hydrogens is 206 g/mol. The largest absolute Gasteiger partial charge is 0.392 e. The van der Waals surface area contributed by atoms with Crippen molar-refractivity contribution in [3.63, 3.8) is 0 Å². The summed E-state index contributed by atoms with van der Waals surface area (Å²) in [6.45, 7) is 3.90. The van der Waals surface area contributed by atoms with Crippen LogP contribution in [0.15, 0.2) is 12.3 Å². The zero-order valence-electron chi connectivity index (χ0n) is 9.77. The molecule has 2 N–H and O–H groups in total. The molecule has 5 heteroatoms. The van der Waals surface area contributed by atoms with Gasteiger partial charge in [0.25, 0.3) is 5.91 Å². The van der Waals surface area contributed by atoms with Crippen molar-refractivity contribution in [2.75, 3.05) is 0 Å². The van der Waals surface area contributed by atoms with Crippen molar-refractivity contribution in [3.05, 3.63) is 18.0 Å². The molecule has 5 nitrogen and oxygen atoms in total. The quantitative estimate of drug-likeness (QED) is 0.758. The van der Waals surface area contributed by atoms with Crippen molar-refractivity contribution in [3.8, 4) is 0 Å².